The molecule has 0 atom stereocenters. The Bertz CT molecular complexity index is 832. The van der Waals surface area contributed by atoms with Crippen molar-refractivity contribution < 1.29 is 5.21 Å². The zero-order valence-electron chi connectivity index (χ0n) is 10.6. The smallest absolute Gasteiger partial charge is 0.200 e. The number of nitrogens with zero attached hydrogens (tertiary/aromatic N) is 4. The van der Waals surface area contributed by atoms with E-state index in [-0.39, 0.29) is 5.84 Å². The molecule has 6 nitrogen and oxygen atoms in total. The van der Waals surface area contributed by atoms with Crippen molar-refractivity contribution >= 4 is 34.8 Å². The van der Waals surface area contributed by atoms with E-state index in [4.69, 9.17) is 22.5 Å². The van der Waals surface area contributed by atoms with E-state index in [0.717, 1.165) is 10.5 Å². The lowest BCUT2D eigenvalue weighted by Crippen LogP contribution is -2.15. The maximum atomic E-state index is 8.90. The van der Waals surface area contributed by atoms with Gasteiger partial charge in [0.15, 0.2) is 16.6 Å². The summed E-state index contributed by atoms with van der Waals surface area (Å²) in [5.74, 6) is -0.0445. The summed E-state index contributed by atoms with van der Waals surface area (Å²) in [5.41, 5.74) is 6.91. The fourth-order valence-corrected chi connectivity index (χ4v) is 3.20. The van der Waals surface area contributed by atoms with Gasteiger partial charge in [-0.1, -0.05) is 28.9 Å². The zero-order chi connectivity index (χ0) is 14.8. The van der Waals surface area contributed by atoms with Gasteiger partial charge in [0.25, 0.3) is 0 Å². The topological polar surface area (TPSA) is 88.8 Å². The molecule has 8 heteroatoms. The van der Waals surface area contributed by atoms with Gasteiger partial charge in [-0.05, 0) is 36.0 Å². The molecule has 0 amide bonds. The number of rotatable bonds is 3. The Morgan fingerprint density at radius 3 is 2.90 bits per heavy atom. The number of fused-ring (bicyclic) bond motifs is 1. The van der Waals surface area contributed by atoms with Crippen LogP contribution in [0.5, 0.6) is 0 Å². The first-order chi connectivity index (χ1) is 10.2. The Labute approximate surface area is 129 Å². The van der Waals surface area contributed by atoms with Crippen LogP contribution < -0.4 is 5.73 Å². The van der Waals surface area contributed by atoms with Gasteiger partial charge < -0.3 is 10.9 Å². The molecule has 0 bridgehead atoms. The van der Waals surface area contributed by atoms with Crippen molar-refractivity contribution in [1.82, 2.24) is 14.6 Å². The Morgan fingerprint density at radius 1 is 1.24 bits per heavy atom. The van der Waals surface area contributed by atoms with Gasteiger partial charge in [-0.25, -0.2) is 0 Å². The molecule has 3 N–H and O–H groups in total. The van der Waals surface area contributed by atoms with Crippen molar-refractivity contribution in [3.05, 3.63) is 53.2 Å². The molecule has 0 fully saturated rings. The van der Waals surface area contributed by atoms with Crippen LogP contribution in [-0.2, 0) is 0 Å². The van der Waals surface area contributed by atoms with Crippen LogP contribution >= 0.6 is 23.4 Å². The second-order valence-electron chi connectivity index (χ2n) is 4.11. The predicted molar refractivity (Wildman–Crippen MR) is 81.1 cm³/mol. The average molecular weight is 320 g/mol. The third kappa shape index (κ3) is 2.53. The number of halogens is 1. The monoisotopic (exact) mass is 319 g/mol. The summed E-state index contributed by atoms with van der Waals surface area (Å²) in [6.45, 7) is 0. The summed E-state index contributed by atoms with van der Waals surface area (Å²) in [5, 5.41) is 21.2. The molecule has 0 radical (unpaired) electrons. The fraction of sp³-hybridized carbons (Fsp3) is 0. The quantitative estimate of drug-likeness (QED) is 0.335. The van der Waals surface area contributed by atoms with Gasteiger partial charge in [-0.2, -0.15) is 0 Å². The minimum absolute atomic E-state index is 0.0445. The first-order valence-corrected chi connectivity index (χ1v) is 7.14. The number of hydrogen-bond donors (Lipinski definition) is 2. The van der Waals surface area contributed by atoms with Crippen LogP contribution in [0.25, 0.3) is 5.65 Å². The van der Waals surface area contributed by atoms with Crippen molar-refractivity contribution in [2.45, 2.75) is 10.1 Å². The summed E-state index contributed by atoms with van der Waals surface area (Å²) in [4.78, 5) is 0.732. The van der Waals surface area contributed by atoms with Crippen LogP contribution in [0, 0.1) is 0 Å². The van der Waals surface area contributed by atoms with Gasteiger partial charge >= 0.3 is 0 Å². The van der Waals surface area contributed by atoms with E-state index in [0.29, 0.717) is 15.7 Å². The molecule has 1 aromatic carbocycles. The van der Waals surface area contributed by atoms with Gasteiger partial charge in [-0.15, -0.1) is 10.2 Å². The molecular weight excluding hydrogens is 310 g/mol. The predicted octanol–water partition coefficient (Wildman–Crippen LogP) is 2.63. The van der Waals surface area contributed by atoms with Crippen molar-refractivity contribution in [2.24, 2.45) is 10.9 Å². The highest BCUT2D eigenvalue weighted by molar-refractivity contribution is 7.99. The normalized spacial score (nSPS) is 12.0. The summed E-state index contributed by atoms with van der Waals surface area (Å²) < 4.78 is 1.85. The van der Waals surface area contributed by atoms with Crippen molar-refractivity contribution in [3.63, 3.8) is 0 Å². The summed E-state index contributed by atoms with van der Waals surface area (Å²) in [6.07, 6.45) is 1.87. The highest BCUT2D eigenvalue weighted by atomic mass is 35.5. The van der Waals surface area contributed by atoms with E-state index in [2.05, 4.69) is 15.4 Å². The highest BCUT2D eigenvalue weighted by Crippen LogP contribution is 2.32. The van der Waals surface area contributed by atoms with E-state index in [9.17, 15) is 0 Å². The van der Waals surface area contributed by atoms with Crippen LogP contribution in [0.2, 0.25) is 5.02 Å². The van der Waals surface area contributed by atoms with Gasteiger partial charge in [0.2, 0.25) is 0 Å². The molecule has 0 aliphatic rings. The van der Waals surface area contributed by atoms with Crippen LogP contribution in [0.15, 0.2) is 57.8 Å². The van der Waals surface area contributed by atoms with E-state index in [1.165, 1.54) is 11.8 Å². The van der Waals surface area contributed by atoms with Crippen molar-refractivity contribution in [1.29, 1.82) is 0 Å². The molecule has 0 spiro atoms. The summed E-state index contributed by atoms with van der Waals surface area (Å²) in [7, 11) is 0. The van der Waals surface area contributed by atoms with E-state index in [1.807, 2.05) is 34.9 Å². The van der Waals surface area contributed by atoms with Crippen LogP contribution in [0.1, 0.15) is 5.56 Å². The zero-order valence-corrected chi connectivity index (χ0v) is 12.2. The maximum absolute atomic E-state index is 8.90. The number of benzene rings is 1. The largest absolute Gasteiger partial charge is 0.409 e. The molecule has 3 aromatic rings. The minimum atomic E-state index is -0.0445. The van der Waals surface area contributed by atoms with Crippen LogP contribution in [-0.4, -0.2) is 25.6 Å². The molecule has 0 aliphatic carbocycles. The van der Waals surface area contributed by atoms with Gasteiger partial charge in [0.1, 0.15) is 0 Å². The lowest BCUT2D eigenvalue weighted by Gasteiger charge is -2.08. The van der Waals surface area contributed by atoms with Gasteiger partial charge in [0, 0.05) is 11.1 Å². The highest BCUT2D eigenvalue weighted by Gasteiger charge is 2.15. The molecule has 0 unspecified atom stereocenters. The van der Waals surface area contributed by atoms with Gasteiger partial charge in [-0.3, -0.25) is 4.40 Å². The third-order valence-corrected chi connectivity index (χ3v) is 4.16. The molecule has 0 aliphatic heterocycles. The number of amidine groups is 1. The second-order valence-corrected chi connectivity index (χ2v) is 5.53. The summed E-state index contributed by atoms with van der Waals surface area (Å²) >= 11 is 7.47. The first-order valence-electron chi connectivity index (χ1n) is 5.94. The van der Waals surface area contributed by atoms with Gasteiger partial charge in [0.05, 0.1) is 10.6 Å². The Balaban J connectivity index is 2.08. The molecule has 21 heavy (non-hydrogen) atoms. The lowest BCUT2D eigenvalue weighted by atomic mass is 10.2. The van der Waals surface area contributed by atoms with Crippen molar-refractivity contribution in [2.75, 3.05) is 0 Å². The Hall–Kier alpha value is -2.25. The second kappa shape index (κ2) is 5.63. The van der Waals surface area contributed by atoms with Crippen LogP contribution in [0.3, 0.4) is 0 Å². The van der Waals surface area contributed by atoms with E-state index >= 15 is 0 Å². The summed E-state index contributed by atoms with van der Waals surface area (Å²) in [6, 6.07) is 10.9. The lowest BCUT2D eigenvalue weighted by molar-refractivity contribution is 0.318. The molecule has 2 aromatic heterocycles. The molecule has 0 saturated heterocycles. The average Bonchev–Trinajstić information content (AvgIpc) is 2.90. The van der Waals surface area contributed by atoms with Crippen molar-refractivity contribution in [3.8, 4) is 0 Å². The maximum Gasteiger partial charge on any atom is 0.200 e. The SMILES string of the molecule is NC(=NO)c1c(Cl)cccc1Sc1nnc2ccccn12. The van der Waals surface area contributed by atoms with E-state index < -0.39 is 0 Å². The standard InChI is InChI=1S/C13H10ClN5OS/c14-8-4-3-5-9(11(8)12(15)18-20)21-13-17-16-10-6-1-2-7-19(10)13/h1-7,20H,(H2,15,18). The number of hydrogen-bond acceptors (Lipinski definition) is 5. The first kappa shape index (κ1) is 13.7. The minimum Gasteiger partial charge on any atom is -0.409 e. The molecular formula is C13H10ClN5OS. The van der Waals surface area contributed by atoms with Crippen LogP contribution in [0.4, 0.5) is 0 Å². The fourth-order valence-electron chi connectivity index (χ4n) is 1.88. The Kier molecular flexibility index (Phi) is 3.68. The number of aromatic nitrogens is 3. The molecule has 3 rings (SSSR count). The number of pyridine rings is 1. The number of oxime groups is 1. The molecule has 2 heterocycles. The third-order valence-electron chi connectivity index (χ3n) is 2.82. The molecule has 106 valence electrons. The molecule has 0 saturated carbocycles. The van der Waals surface area contributed by atoms with E-state index in [1.54, 1.807) is 12.1 Å². The number of nitrogens with two attached hydrogens (primary N) is 1. The Morgan fingerprint density at radius 2 is 2.10 bits per heavy atom.